The van der Waals surface area contributed by atoms with Crippen LogP contribution < -0.4 is 0 Å². The second kappa shape index (κ2) is 6.64. The van der Waals surface area contributed by atoms with E-state index in [1.54, 1.807) is 0 Å². The maximum absolute atomic E-state index is 3.92. The minimum Gasteiger partial charge on any atom is -0.0961 e. The highest BCUT2D eigenvalue weighted by molar-refractivity contribution is 5.36. The first-order chi connectivity index (χ1) is 6.49. The van der Waals surface area contributed by atoms with Crippen LogP contribution in [0, 0.1) is 0 Å². The number of hydrogen-bond donors (Lipinski definition) is 0. The molecule has 0 aliphatic heterocycles. The summed E-state index contributed by atoms with van der Waals surface area (Å²) in [5, 5.41) is 0. The van der Waals surface area contributed by atoms with Gasteiger partial charge >= 0.3 is 0 Å². The molecule has 0 aliphatic rings. The first-order valence-corrected chi connectivity index (χ1v) is 5.49. The summed E-state index contributed by atoms with van der Waals surface area (Å²) in [5.41, 5.74) is 5.46. The van der Waals surface area contributed by atoms with E-state index in [1.165, 1.54) is 36.0 Å². The van der Waals surface area contributed by atoms with Gasteiger partial charge in [0.15, 0.2) is 0 Å². The highest BCUT2D eigenvalue weighted by Gasteiger charge is 2.01. The standard InChI is InChI=1S/C14H24/c1-7-8-9-14(12(4)5)13(6)10-11(2)3/h10H,2,7-9H2,1,3-6H3/b13-10-. The van der Waals surface area contributed by atoms with Gasteiger partial charge in [-0.25, -0.2) is 0 Å². The Hall–Kier alpha value is -0.780. The van der Waals surface area contributed by atoms with Crippen LogP contribution in [0.25, 0.3) is 0 Å². The lowest BCUT2D eigenvalue weighted by molar-refractivity contribution is 0.785. The van der Waals surface area contributed by atoms with Crippen LogP contribution in [0.2, 0.25) is 0 Å². The molecule has 0 radical (unpaired) electrons. The van der Waals surface area contributed by atoms with Crippen LogP contribution in [0.5, 0.6) is 0 Å². The van der Waals surface area contributed by atoms with Crippen molar-refractivity contribution >= 4 is 0 Å². The summed E-state index contributed by atoms with van der Waals surface area (Å²) in [7, 11) is 0. The summed E-state index contributed by atoms with van der Waals surface area (Å²) in [6, 6.07) is 0. The number of allylic oxidation sites excluding steroid dienone is 5. The van der Waals surface area contributed by atoms with Crippen molar-refractivity contribution in [1.82, 2.24) is 0 Å². The Bertz CT molecular complexity index is 247. The fourth-order valence-corrected chi connectivity index (χ4v) is 1.65. The molecule has 0 amide bonds. The van der Waals surface area contributed by atoms with Gasteiger partial charge in [-0.05, 0) is 51.7 Å². The Balaban J connectivity index is 4.68. The molecule has 0 heterocycles. The molecule has 0 aromatic rings. The molecule has 0 saturated carbocycles. The molecule has 0 spiro atoms. The van der Waals surface area contributed by atoms with Gasteiger partial charge in [-0.1, -0.05) is 37.1 Å². The van der Waals surface area contributed by atoms with E-state index in [-0.39, 0.29) is 0 Å². The molecule has 0 aromatic heterocycles. The van der Waals surface area contributed by atoms with Crippen molar-refractivity contribution in [2.75, 3.05) is 0 Å². The summed E-state index contributed by atoms with van der Waals surface area (Å²) < 4.78 is 0. The molecular formula is C14H24. The van der Waals surface area contributed by atoms with Gasteiger partial charge in [-0.15, -0.1) is 0 Å². The highest BCUT2D eigenvalue weighted by atomic mass is 14.1. The van der Waals surface area contributed by atoms with Crippen molar-refractivity contribution in [2.24, 2.45) is 0 Å². The Kier molecular flexibility index (Phi) is 6.27. The Morgan fingerprint density at radius 1 is 1.14 bits per heavy atom. The van der Waals surface area contributed by atoms with E-state index < -0.39 is 0 Å². The molecule has 0 aromatic carbocycles. The van der Waals surface area contributed by atoms with Crippen LogP contribution in [-0.2, 0) is 0 Å². The van der Waals surface area contributed by atoms with Gasteiger partial charge in [0.1, 0.15) is 0 Å². The molecule has 0 rings (SSSR count). The van der Waals surface area contributed by atoms with Crippen molar-refractivity contribution < 1.29 is 0 Å². The first kappa shape index (κ1) is 13.2. The van der Waals surface area contributed by atoms with Crippen molar-refractivity contribution in [1.29, 1.82) is 0 Å². The smallest absolute Gasteiger partial charge is 0.0277 e. The zero-order valence-electron chi connectivity index (χ0n) is 10.4. The lowest BCUT2D eigenvalue weighted by Gasteiger charge is -2.10. The number of unbranched alkanes of at least 4 members (excludes halogenated alkanes) is 1. The predicted molar refractivity (Wildman–Crippen MR) is 66.5 cm³/mol. The van der Waals surface area contributed by atoms with Crippen molar-refractivity contribution in [3.05, 3.63) is 34.9 Å². The summed E-state index contributed by atoms with van der Waals surface area (Å²) >= 11 is 0. The fourth-order valence-electron chi connectivity index (χ4n) is 1.65. The van der Waals surface area contributed by atoms with Gasteiger partial charge in [0, 0.05) is 0 Å². The minimum atomic E-state index is 1.14. The molecular weight excluding hydrogens is 168 g/mol. The third-order valence-electron chi connectivity index (χ3n) is 2.32. The summed E-state index contributed by atoms with van der Waals surface area (Å²) in [6.07, 6.45) is 5.92. The van der Waals surface area contributed by atoms with Crippen LogP contribution in [0.3, 0.4) is 0 Å². The van der Waals surface area contributed by atoms with E-state index in [2.05, 4.69) is 40.3 Å². The van der Waals surface area contributed by atoms with Gasteiger partial charge < -0.3 is 0 Å². The average Bonchev–Trinajstić information content (AvgIpc) is 2.02. The zero-order valence-corrected chi connectivity index (χ0v) is 10.4. The van der Waals surface area contributed by atoms with Gasteiger partial charge in [0.25, 0.3) is 0 Å². The van der Waals surface area contributed by atoms with Crippen LogP contribution in [-0.4, -0.2) is 0 Å². The SMILES string of the molecule is C=C(C)/C=C(/C)C(CCCC)=C(C)C. The van der Waals surface area contributed by atoms with Crippen LogP contribution in [0.1, 0.15) is 53.9 Å². The lowest BCUT2D eigenvalue weighted by atomic mass is 9.96. The minimum absolute atomic E-state index is 1.14. The largest absolute Gasteiger partial charge is 0.0961 e. The molecule has 0 saturated heterocycles. The highest BCUT2D eigenvalue weighted by Crippen LogP contribution is 2.21. The van der Waals surface area contributed by atoms with Crippen LogP contribution >= 0.6 is 0 Å². The van der Waals surface area contributed by atoms with Crippen LogP contribution in [0.15, 0.2) is 34.9 Å². The molecule has 14 heavy (non-hydrogen) atoms. The van der Waals surface area contributed by atoms with Crippen molar-refractivity contribution in [3.8, 4) is 0 Å². The molecule has 0 N–H and O–H groups in total. The second-order valence-corrected chi connectivity index (χ2v) is 4.26. The normalized spacial score (nSPS) is 11.4. The zero-order chi connectivity index (χ0) is 11.1. The first-order valence-electron chi connectivity index (χ1n) is 5.49. The topological polar surface area (TPSA) is 0 Å². The Morgan fingerprint density at radius 2 is 1.71 bits per heavy atom. The summed E-state index contributed by atoms with van der Waals surface area (Å²) in [4.78, 5) is 0. The van der Waals surface area contributed by atoms with E-state index >= 15 is 0 Å². The molecule has 80 valence electrons. The summed E-state index contributed by atoms with van der Waals surface area (Å²) in [6.45, 7) is 14.8. The van der Waals surface area contributed by atoms with Gasteiger partial charge in [-0.2, -0.15) is 0 Å². The molecule has 0 heteroatoms. The number of hydrogen-bond acceptors (Lipinski definition) is 0. The molecule has 0 bridgehead atoms. The monoisotopic (exact) mass is 192 g/mol. The molecule has 0 fully saturated rings. The van der Waals surface area contributed by atoms with E-state index in [0.29, 0.717) is 0 Å². The molecule has 0 atom stereocenters. The summed E-state index contributed by atoms with van der Waals surface area (Å²) in [5.74, 6) is 0. The van der Waals surface area contributed by atoms with E-state index in [0.717, 1.165) is 5.57 Å². The van der Waals surface area contributed by atoms with Crippen LogP contribution in [0.4, 0.5) is 0 Å². The Morgan fingerprint density at radius 3 is 2.07 bits per heavy atom. The van der Waals surface area contributed by atoms with E-state index in [4.69, 9.17) is 0 Å². The van der Waals surface area contributed by atoms with Gasteiger partial charge in [0.2, 0.25) is 0 Å². The second-order valence-electron chi connectivity index (χ2n) is 4.26. The van der Waals surface area contributed by atoms with Gasteiger partial charge in [-0.3, -0.25) is 0 Å². The third kappa shape index (κ3) is 5.06. The maximum atomic E-state index is 3.92. The lowest BCUT2D eigenvalue weighted by Crippen LogP contribution is -1.90. The average molecular weight is 192 g/mol. The predicted octanol–water partition coefficient (Wildman–Crippen LogP) is 5.04. The molecule has 0 unspecified atom stereocenters. The fraction of sp³-hybridized carbons (Fsp3) is 0.571. The van der Waals surface area contributed by atoms with Crippen molar-refractivity contribution in [3.63, 3.8) is 0 Å². The Labute approximate surface area is 89.4 Å². The quantitative estimate of drug-likeness (QED) is 0.536. The molecule has 0 nitrogen and oxygen atoms in total. The third-order valence-corrected chi connectivity index (χ3v) is 2.32. The van der Waals surface area contributed by atoms with E-state index in [9.17, 15) is 0 Å². The maximum Gasteiger partial charge on any atom is -0.0277 e. The molecule has 0 aliphatic carbocycles. The van der Waals surface area contributed by atoms with Gasteiger partial charge in [0.05, 0.1) is 0 Å². The van der Waals surface area contributed by atoms with Crippen molar-refractivity contribution in [2.45, 2.75) is 53.9 Å². The number of rotatable bonds is 5. The van der Waals surface area contributed by atoms with E-state index in [1.807, 2.05) is 6.92 Å².